The number of sulfonamides is 2. The van der Waals surface area contributed by atoms with E-state index in [1.165, 1.54) is 69.7 Å². The molecule has 2 heterocycles. The largest absolute Gasteiger partial charge is 0.490 e. The summed E-state index contributed by atoms with van der Waals surface area (Å²) in [6.45, 7) is 5.56. The average Bonchev–Trinajstić information content (AvgIpc) is 3.49. The number of benzene rings is 2. The number of hydrogen-bond acceptors (Lipinski definition) is 9. The molecule has 0 saturated heterocycles. The van der Waals surface area contributed by atoms with E-state index in [1.807, 2.05) is 13.8 Å². The summed E-state index contributed by atoms with van der Waals surface area (Å²) in [4.78, 5) is 19.8. The number of rotatable bonds is 9. The standard InChI is InChI=1S/C32H44ClN5O8S2/c1-22-17-38(23(2)20-39)32(40)28-16-26(35-47(41,42)31-19-36(4)21-34-31)11-14-29(28)46-24(3)8-6-7-15-45-30(22)18-37(5)48(43,44)27-12-9-25(33)10-13-27/h9-14,16,19,21-24,30,35,39H,6-8,15,17-18,20H2,1-5H3/t22-,23+,24+,30+/m0/s1. The number of carbonyl (C=O) groups excluding carboxylic acids is 1. The van der Waals surface area contributed by atoms with Gasteiger partial charge in [-0.25, -0.2) is 13.4 Å². The Bertz CT molecular complexity index is 1770. The molecule has 264 valence electrons. The van der Waals surface area contributed by atoms with Gasteiger partial charge in [-0.05, 0) is 75.6 Å². The Hall–Kier alpha value is -3.21. The zero-order valence-electron chi connectivity index (χ0n) is 27.7. The summed E-state index contributed by atoms with van der Waals surface area (Å²) in [5.74, 6) is -0.611. The van der Waals surface area contributed by atoms with Crippen LogP contribution < -0.4 is 9.46 Å². The fraction of sp³-hybridized carbons (Fsp3) is 0.500. The molecule has 0 saturated carbocycles. The number of amides is 1. The first kappa shape index (κ1) is 37.6. The van der Waals surface area contributed by atoms with Crippen LogP contribution >= 0.6 is 11.6 Å². The molecule has 4 rings (SSSR count). The van der Waals surface area contributed by atoms with Crippen molar-refractivity contribution in [3.63, 3.8) is 0 Å². The Kier molecular flexibility index (Phi) is 12.5. The normalized spacial score (nSPS) is 20.9. The van der Waals surface area contributed by atoms with E-state index >= 15 is 0 Å². The van der Waals surface area contributed by atoms with Crippen LogP contribution in [-0.4, -0.2) is 98.2 Å². The molecule has 0 bridgehead atoms. The van der Waals surface area contributed by atoms with Crippen LogP contribution in [0.4, 0.5) is 5.69 Å². The number of aromatic nitrogens is 2. The minimum atomic E-state index is -4.06. The van der Waals surface area contributed by atoms with Gasteiger partial charge in [-0.2, -0.15) is 12.7 Å². The maximum absolute atomic E-state index is 14.3. The first-order chi connectivity index (χ1) is 22.6. The van der Waals surface area contributed by atoms with Crippen LogP contribution in [0, 0.1) is 5.92 Å². The summed E-state index contributed by atoms with van der Waals surface area (Å²) < 4.78 is 70.6. The molecular formula is C32H44ClN5O8S2. The Morgan fingerprint density at radius 1 is 1.12 bits per heavy atom. The number of likely N-dealkylation sites (N-methyl/N-ethyl adjacent to an activating group) is 1. The molecule has 1 amide bonds. The molecule has 1 aromatic heterocycles. The second-order valence-electron chi connectivity index (χ2n) is 12.2. The summed E-state index contributed by atoms with van der Waals surface area (Å²) in [5.41, 5.74) is 0.234. The highest BCUT2D eigenvalue weighted by Gasteiger charge is 2.32. The number of fused-ring (bicyclic) bond motifs is 1. The molecule has 0 fully saturated rings. The van der Waals surface area contributed by atoms with Gasteiger partial charge < -0.3 is 24.0 Å². The third-order valence-corrected chi connectivity index (χ3v) is 11.6. The molecule has 0 radical (unpaired) electrons. The Balaban J connectivity index is 1.67. The van der Waals surface area contributed by atoms with Crippen molar-refractivity contribution in [1.82, 2.24) is 18.8 Å². The number of aryl methyl sites for hydroxylation is 1. The van der Waals surface area contributed by atoms with E-state index in [4.69, 9.17) is 21.1 Å². The van der Waals surface area contributed by atoms with Gasteiger partial charge in [0.2, 0.25) is 10.0 Å². The van der Waals surface area contributed by atoms with E-state index in [0.717, 1.165) is 6.42 Å². The van der Waals surface area contributed by atoms with Crippen LogP contribution in [0.5, 0.6) is 5.75 Å². The predicted molar refractivity (Wildman–Crippen MR) is 182 cm³/mol. The van der Waals surface area contributed by atoms with Gasteiger partial charge in [-0.1, -0.05) is 18.5 Å². The lowest BCUT2D eigenvalue weighted by atomic mass is 10.0. The molecule has 0 unspecified atom stereocenters. The van der Waals surface area contributed by atoms with E-state index in [-0.39, 0.29) is 58.6 Å². The number of aliphatic hydroxyl groups is 1. The van der Waals surface area contributed by atoms with Crippen molar-refractivity contribution in [2.45, 2.75) is 68.2 Å². The van der Waals surface area contributed by atoms with Crippen LogP contribution in [0.15, 0.2) is 64.9 Å². The van der Waals surface area contributed by atoms with Gasteiger partial charge in [0.15, 0.2) is 5.03 Å². The maximum Gasteiger partial charge on any atom is 0.280 e. The van der Waals surface area contributed by atoms with Crippen molar-refractivity contribution in [3.8, 4) is 5.75 Å². The first-order valence-corrected chi connectivity index (χ1v) is 19.0. The van der Waals surface area contributed by atoms with Crippen molar-refractivity contribution in [2.75, 3.05) is 38.1 Å². The van der Waals surface area contributed by atoms with Gasteiger partial charge >= 0.3 is 0 Å². The molecule has 0 aliphatic carbocycles. The Labute approximate surface area is 287 Å². The second-order valence-corrected chi connectivity index (χ2v) is 16.3. The molecule has 1 aliphatic heterocycles. The number of nitrogens with zero attached hydrogens (tertiary/aromatic N) is 4. The zero-order chi connectivity index (χ0) is 35.2. The number of imidazole rings is 1. The van der Waals surface area contributed by atoms with Crippen molar-refractivity contribution in [2.24, 2.45) is 13.0 Å². The summed E-state index contributed by atoms with van der Waals surface area (Å²) in [5, 5.41) is 10.4. The Morgan fingerprint density at radius 2 is 1.83 bits per heavy atom. The van der Waals surface area contributed by atoms with Crippen molar-refractivity contribution in [1.29, 1.82) is 0 Å². The minimum absolute atomic E-state index is 0.0111. The fourth-order valence-corrected chi connectivity index (χ4v) is 7.66. The van der Waals surface area contributed by atoms with Gasteiger partial charge in [0, 0.05) is 56.6 Å². The number of hydrogen-bond donors (Lipinski definition) is 2. The molecule has 1 aliphatic rings. The lowest BCUT2D eigenvalue weighted by Crippen LogP contribution is -2.48. The number of anilines is 1. The lowest BCUT2D eigenvalue weighted by molar-refractivity contribution is -0.00833. The van der Waals surface area contributed by atoms with Crippen LogP contribution in [0.1, 0.15) is 50.4 Å². The van der Waals surface area contributed by atoms with Crippen molar-refractivity contribution < 1.29 is 36.2 Å². The molecule has 13 nitrogen and oxygen atoms in total. The molecule has 2 N–H and O–H groups in total. The van der Waals surface area contributed by atoms with Crippen molar-refractivity contribution in [3.05, 3.63) is 65.6 Å². The highest BCUT2D eigenvalue weighted by molar-refractivity contribution is 7.92. The molecule has 3 aromatic rings. The van der Waals surface area contributed by atoms with Crippen molar-refractivity contribution >= 4 is 43.2 Å². The van der Waals surface area contributed by atoms with Gasteiger partial charge in [0.05, 0.1) is 41.6 Å². The van der Waals surface area contributed by atoms with E-state index in [9.17, 15) is 26.7 Å². The monoisotopic (exact) mass is 725 g/mol. The van der Waals surface area contributed by atoms with Gasteiger partial charge in [-0.3, -0.25) is 9.52 Å². The van der Waals surface area contributed by atoms with E-state index in [2.05, 4.69) is 9.71 Å². The number of aliphatic hydroxyl groups excluding tert-OH is 1. The smallest absolute Gasteiger partial charge is 0.280 e. The third-order valence-electron chi connectivity index (χ3n) is 8.22. The molecular weight excluding hydrogens is 682 g/mol. The summed E-state index contributed by atoms with van der Waals surface area (Å²) >= 11 is 5.97. The predicted octanol–water partition coefficient (Wildman–Crippen LogP) is 3.99. The molecule has 16 heteroatoms. The highest BCUT2D eigenvalue weighted by Crippen LogP contribution is 2.30. The first-order valence-electron chi connectivity index (χ1n) is 15.7. The van der Waals surface area contributed by atoms with Crippen LogP contribution in [0.2, 0.25) is 5.02 Å². The molecule has 2 aromatic carbocycles. The number of carbonyl (C=O) groups is 1. The van der Waals surface area contributed by atoms with Gasteiger partial charge in [0.1, 0.15) is 5.75 Å². The van der Waals surface area contributed by atoms with E-state index in [1.54, 1.807) is 20.0 Å². The highest BCUT2D eigenvalue weighted by atomic mass is 35.5. The van der Waals surface area contributed by atoms with Crippen LogP contribution in [0.25, 0.3) is 0 Å². The lowest BCUT2D eigenvalue weighted by Gasteiger charge is -2.35. The topological polar surface area (TPSA) is 160 Å². The average molecular weight is 726 g/mol. The van der Waals surface area contributed by atoms with E-state index < -0.39 is 38.1 Å². The van der Waals surface area contributed by atoms with Gasteiger partial charge in [-0.15, -0.1) is 0 Å². The SMILES string of the molecule is C[C@@H]1CCCCO[C@H](CN(C)S(=O)(=O)c2ccc(Cl)cc2)[C@@H](C)CN([C@H](C)CO)C(=O)c2cc(NS(=O)(=O)c3cn(C)cn3)ccc2O1. The Morgan fingerprint density at radius 3 is 2.48 bits per heavy atom. The summed E-state index contributed by atoms with van der Waals surface area (Å²) in [6.07, 6.45) is 3.93. The number of nitrogens with one attached hydrogen (secondary N) is 1. The molecule has 48 heavy (non-hydrogen) atoms. The molecule has 0 spiro atoms. The second kappa shape index (κ2) is 16.0. The van der Waals surface area contributed by atoms with E-state index in [0.29, 0.717) is 24.5 Å². The quantitative estimate of drug-likeness (QED) is 0.333. The summed E-state index contributed by atoms with van der Waals surface area (Å²) in [7, 11) is -4.80. The maximum atomic E-state index is 14.3. The zero-order valence-corrected chi connectivity index (χ0v) is 30.1. The third kappa shape index (κ3) is 9.27. The number of halogens is 1. The number of ether oxygens (including phenoxy) is 2. The summed E-state index contributed by atoms with van der Waals surface area (Å²) in [6, 6.07) is 9.76. The molecule has 4 atom stereocenters. The minimum Gasteiger partial charge on any atom is -0.490 e. The van der Waals surface area contributed by atoms with Gasteiger partial charge in [0.25, 0.3) is 15.9 Å². The van der Waals surface area contributed by atoms with Crippen LogP contribution in [0.3, 0.4) is 0 Å². The van der Waals surface area contributed by atoms with Crippen LogP contribution in [-0.2, 0) is 31.8 Å². The fourth-order valence-electron chi connectivity index (χ4n) is 5.32.